The number of nitrogen functional groups attached to an aromatic ring is 1. The van der Waals surface area contributed by atoms with Crippen LogP contribution in [0.25, 0.3) is 11.1 Å². The van der Waals surface area contributed by atoms with Gasteiger partial charge in [0, 0.05) is 19.7 Å². The minimum atomic E-state index is -0.469. The minimum absolute atomic E-state index is 0.469. The average Bonchev–Trinajstić information content (AvgIpc) is 2.79. The molecule has 5 heteroatoms. The Hall–Kier alpha value is -2.69. The van der Waals surface area contributed by atoms with Gasteiger partial charge in [0.05, 0.1) is 16.9 Å². The van der Waals surface area contributed by atoms with Crippen molar-refractivity contribution in [2.75, 3.05) is 17.7 Å². The molecule has 21 heavy (non-hydrogen) atoms. The van der Waals surface area contributed by atoms with E-state index < -0.39 is 5.76 Å². The van der Waals surface area contributed by atoms with Gasteiger partial charge in [-0.2, -0.15) is 0 Å². The summed E-state index contributed by atoms with van der Waals surface area (Å²) >= 11 is 0. The van der Waals surface area contributed by atoms with Crippen LogP contribution in [-0.2, 0) is 6.54 Å². The van der Waals surface area contributed by atoms with E-state index in [9.17, 15) is 4.79 Å². The summed E-state index contributed by atoms with van der Waals surface area (Å²) in [5.74, 6) is -0.469. The number of rotatable bonds is 3. The van der Waals surface area contributed by atoms with Gasteiger partial charge in [0.15, 0.2) is 5.58 Å². The Balaban J connectivity index is 1.97. The van der Waals surface area contributed by atoms with Gasteiger partial charge in [-0.3, -0.25) is 4.98 Å². The van der Waals surface area contributed by atoms with Crippen LogP contribution in [0.1, 0.15) is 11.1 Å². The molecule has 1 heterocycles. The molecule has 5 nitrogen and oxygen atoms in total. The highest BCUT2D eigenvalue weighted by atomic mass is 16.4. The third kappa shape index (κ3) is 2.50. The fraction of sp³-hybridized carbons (Fsp3) is 0.188. The molecule has 0 amide bonds. The number of nitrogens with one attached hydrogen (secondary N) is 1. The molecular formula is C16H17N3O2. The van der Waals surface area contributed by atoms with E-state index in [0.29, 0.717) is 16.8 Å². The SMILES string of the molecule is Cc1ccccc1CN(C)c1cc2[nH]c(=O)oc2cc1N. The van der Waals surface area contributed by atoms with Gasteiger partial charge in [0.25, 0.3) is 0 Å². The summed E-state index contributed by atoms with van der Waals surface area (Å²) in [5, 5.41) is 0. The van der Waals surface area contributed by atoms with Gasteiger partial charge in [-0.1, -0.05) is 24.3 Å². The maximum atomic E-state index is 11.2. The molecule has 0 spiro atoms. The van der Waals surface area contributed by atoms with Crippen molar-refractivity contribution < 1.29 is 4.42 Å². The van der Waals surface area contributed by atoms with Crippen molar-refractivity contribution in [1.29, 1.82) is 0 Å². The van der Waals surface area contributed by atoms with Crippen LogP contribution in [0.3, 0.4) is 0 Å². The molecule has 0 saturated heterocycles. The fourth-order valence-corrected chi connectivity index (χ4v) is 2.46. The summed E-state index contributed by atoms with van der Waals surface area (Å²) in [6.45, 7) is 2.83. The molecule has 0 radical (unpaired) electrons. The molecule has 0 unspecified atom stereocenters. The summed E-state index contributed by atoms with van der Waals surface area (Å²) in [5.41, 5.74) is 11.1. The monoisotopic (exact) mass is 283 g/mol. The molecule has 108 valence electrons. The summed E-state index contributed by atoms with van der Waals surface area (Å²) in [7, 11) is 1.97. The lowest BCUT2D eigenvalue weighted by atomic mass is 10.1. The second-order valence-corrected chi connectivity index (χ2v) is 5.20. The van der Waals surface area contributed by atoms with E-state index in [-0.39, 0.29) is 0 Å². The molecule has 0 aliphatic rings. The Kier molecular flexibility index (Phi) is 3.17. The van der Waals surface area contributed by atoms with Crippen molar-refractivity contribution in [2.24, 2.45) is 0 Å². The van der Waals surface area contributed by atoms with E-state index in [1.54, 1.807) is 6.07 Å². The molecule has 1 aromatic heterocycles. The molecular weight excluding hydrogens is 266 g/mol. The third-order valence-electron chi connectivity index (χ3n) is 3.65. The number of aryl methyl sites for hydroxylation is 1. The van der Waals surface area contributed by atoms with Gasteiger partial charge in [-0.15, -0.1) is 0 Å². The number of oxazole rings is 1. The Bertz CT molecular complexity index is 848. The topological polar surface area (TPSA) is 75.3 Å². The van der Waals surface area contributed by atoms with Crippen LogP contribution in [0.15, 0.2) is 45.6 Å². The number of hydrogen-bond donors (Lipinski definition) is 2. The molecule has 0 aliphatic heterocycles. The number of H-pyrrole nitrogens is 1. The molecule has 3 rings (SSSR count). The van der Waals surface area contributed by atoms with Crippen molar-refractivity contribution in [1.82, 2.24) is 4.98 Å². The molecule has 0 atom stereocenters. The fourth-order valence-electron chi connectivity index (χ4n) is 2.46. The van der Waals surface area contributed by atoms with E-state index in [1.165, 1.54) is 11.1 Å². The lowest BCUT2D eigenvalue weighted by Gasteiger charge is -2.22. The first-order valence-corrected chi connectivity index (χ1v) is 6.72. The molecule has 0 fully saturated rings. The van der Waals surface area contributed by atoms with E-state index in [0.717, 1.165) is 12.2 Å². The molecule has 0 bridgehead atoms. The maximum absolute atomic E-state index is 11.2. The first kappa shape index (κ1) is 13.3. The van der Waals surface area contributed by atoms with Crippen molar-refractivity contribution in [3.8, 4) is 0 Å². The quantitative estimate of drug-likeness (QED) is 0.725. The van der Waals surface area contributed by atoms with E-state index in [4.69, 9.17) is 10.2 Å². The van der Waals surface area contributed by atoms with Crippen molar-refractivity contribution in [3.05, 3.63) is 58.1 Å². The number of hydrogen-bond acceptors (Lipinski definition) is 4. The van der Waals surface area contributed by atoms with Crippen LogP contribution < -0.4 is 16.4 Å². The van der Waals surface area contributed by atoms with Crippen molar-refractivity contribution in [3.63, 3.8) is 0 Å². The normalized spacial score (nSPS) is 11.0. The summed E-state index contributed by atoms with van der Waals surface area (Å²) in [6, 6.07) is 11.8. The van der Waals surface area contributed by atoms with Gasteiger partial charge < -0.3 is 15.1 Å². The van der Waals surface area contributed by atoms with Gasteiger partial charge in [-0.25, -0.2) is 4.79 Å². The van der Waals surface area contributed by atoms with Crippen LogP contribution in [0.2, 0.25) is 0 Å². The zero-order valence-electron chi connectivity index (χ0n) is 12.0. The van der Waals surface area contributed by atoms with Crippen molar-refractivity contribution in [2.45, 2.75) is 13.5 Å². The van der Waals surface area contributed by atoms with Crippen LogP contribution >= 0.6 is 0 Å². The standard InChI is InChI=1S/C16H17N3O2/c1-10-5-3-4-6-11(10)9-19(2)14-8-13-15(7-12(14)17)21-16(20)18-13/h3-8H,9,17H2,1-2H3,(H,18,20). The number of aromatic nitrogens is 1. The van der Waals surface area contributed by atoms with Crippen LogP contribution in [0.5, 0.6) is 0 Å². The van der Waals surface area contributed by atoms with Gasteiger partial charge >= 0.3 is 5.76 Å². The predicted molar refractivity (Wildman–Crippen MR) is 84.5 cm³/mol. The third-order valence-corrected chi connectivity index (χ3v) is 3.65. The second-order valence-electron chi connectivity index (χ2n) is 5.20. The van der Waals surface area contributed by atoms with Crippen LogP contribution in [-0.4, -0.2) is 12.0 Å². The number of nitrogens with two attached hydrogens (primary N) is 1. The number of aromatic amines is 1. The second kappa shape index (κ2) is 5.01. The van der Waals surface area contributed by atoms with Crippen molar-refractivity contribution >= 4 is 22.5 Å². The molecule has 3 aromatic rings. The number of anilines is 2. The lowest BCUT2D eigenvalue weighted by Crippen LogP contribution is -2.18. The minimum Gasteiger partial charge on any atom is -0.408 e. The highest BCUT2D eigenvalue weighted by molar-refractivity contribution is 5.85. The summed E-state index contributed by atoms with van der Waals surface area (Å²) in [6.07, 6.45) is 0. The molecule has 0 aliphatic carbocycles. The number of fused-ring (bicyclic) bond motifs is 1. The number of nitrogens with zero attached hydrogens (tertiary/aromatic N) is 1. The lowest BCUT2D eigenvalue weighted by molar-refractivity contribution is 0.555. The first-order valence-electron chi connectivity index (χ1n) is 6.72. The Morgan fingerprint density at radius 1 is 1.29 bits per heavy atom. The largest absolute Gasteiger partial charge is 0.417 e. The smallest absolute Gasteiger partial charge is 0.408 e. The molecule has 0 saturated carbocycles. The predicted octanol–water partition coefficient (Wildman–Crippen LogP) is 2.65. The summed E-state index contributed by atoms with van der Waals surface area (Å²) in [4.78, 5) is 16.0. The number of benzene rings is 2. The zero-order valence-corrected chi connectivity index (χ0v) is 12.0. The Labute approximate surface area is 122 Å². The van der Waals surface area contributed by atoms with Crippen LogP contribution in [0, 0.1) is 6.92 Å². The first-order chi connectivity index (χ1) is 10.0. The van der Waals surface area contributed by atoms with E-state index >= 15 is 0 Å². The molecule has 2 aromatic carbocycles. The Morgan fingerprint density at radius 2 is 2.05 bits per heavy atom. The van der Waals surface area contributed by atoms with Crippen LogP contribution in [0.4, 0.5) is 11.4 Å². The zero-order chi connectivity index (χ0) is 15.0. The van der Waals surface area contributed by atoms with Gasteiger partial charge in [0.2, 0.25) is 0 Å². The van der Waals surface area contributed by atoms with Gasteiger partial charge in [-0.05, 0) is 24.1 Å². The molecule has 3 N–H and O–H groups in total. The van der Waals surface area contributed by atoms with Gasteiger partial charge in [0.1, 0.15) is 0 Å². The maximum Gasteiger partial charge on any atom is 0.417 e. The van der Waals surface area contributed by atoms with E-state index in [1.807, 2.05) is 25.2 Å². The summed E-state index contributed by atoms with van der Waals surface area (Å²) < 4.78 is 5.01. The Morgan fingerprint density at radius 3 is 2.81 bits per heavy atom. The van der Waals surface area contributed by atoms with E-state index in [2.05, 4.69) is 28.9 Å². The highest BCUT2D eigenvalue weighted by Crippen LogP contribution is 2.28. The average molecular weight is 283 g/mol. The highest BCUT2D eigenvalue weighted by Gasteiger charge is 2.11.